The first kappa shape index (κ1) is 17.2. The van der Waals surface area contributed by atoms with Crippen molar-refractivity contribution >= 4 is 39.2 Å². The van der Waals surface area contributed by atoms with Gasteiger partial charge in [0, 0.05) is 17.6 Å². The van der Waals surface area contributed by atoms with Gasteiger partial charge in [-0.3, -0.25) is 10.1 Å². The van der Waals surface area contributed by atoms with Crippen LogP contribution in [0.2, 0.25) is 0 Å². The Balaban J connectivity index is 2.06. The molecule has 1 aromatic carbocycles. The van der Waals surface area contributed by atoms with Gasteiger partial charge < -0.3 is 9.64 Å². The quantitative estimate of drug-likeness (QED) is 0.620. The van der Waals surface area contributed by atoms with Crippen LogP contribution in [0.5, 0.6) is 5.75 Å². The van der Waals surface area contributed by atoms with Gasteiger partial charge in [0.15, 0.2) is 5.11 Å². The van der Waals surface area contributed by atoms with Crippen LogP contribution in [0.4, 0.5) is 0 Å². The van der Waals surface area contributed by atoms with E-state index in [2.05, 4.69) is 28.2 Å². The first-order chi connectivity index (χ1) is 10.6. The number of carbonyl (C=O) groups excluding carboxylic acids is 1. The molecule has 0 atom stereocenters. The predicted octanol–water partition coefficient (Wildman–Crippen LogP) is 3.74. The number of halogens is 1. The minimum atomic E-state index is -0.218. The van der Waals surface area contributed by atoms with E-state index in [4.69, 9.17) is 17.0 Å². The van der Waals surface area contributed by atoms with Crippen molar-refractivity contribution in [2.24, 2.45) is 0 Å². The second kappa shape index (κ2) is 8.48. The summed E-state index contributed by atoms with van der Waals surface area (Å²) in [5.41, 5.74) is 0.507. The Kier molecular flexibility index (Phi) is 6.64. The molecule has 1 aromatic rings. The number of benzene rings is 1. The molecular formula is C16H21BrN2O2S. The molecule has 120 valence electrons. The van der Waals surface area contributed by atoms with Gasteiger partial charge in [-0.25, -0.2) is 0 Å². The van der Waals surface area contributed by atoms with Crippen molar-refractivity contribution in [1.29, 1.82) is 0 Å². The Morgan fingerprint density at radius 1 is 1.41 bits per heavy atom. The lowest BCUT2D eigenvalue weighted by Crippen LogP contribution is -2.41. The van der Waals surface area contributed by atoms with Gasteiger partial charge in [-0.05, 0) is 49.7 Å². The van der Waals surface area contributed by atoms with Gasteiger partial charge >= 0.3 is 0 Å². The molecule has 2 rings (SSSR count). The van der Waals surface area contributed by atoms with Crippen molar-refractivity contribution < 1.29 is 9.53 Å². The maximum Gasteiger partial charge on any atom is 0.261 e. The molecule has 1 amide bonds. The minimum absolute atomic E-state index is 0.218. The maximum absolute atomic E-state index is 12.5. The molecule has 0 aliphatic carbocycles. The lowest BCUT2D eigenvalue weighted by atomic mass is 10.2. The van der Waals surface area contributed by atoms with E-state index in [0.29, 0.717) is 23.0 Å². The van der Waals surface area contributed by atoms with Crippen LogP contribution in [-0.2, 0) is 0 Å². The van der Waals surface area contributed by atoms with Crippen LogP contribution < -0.4 is 10.1 Å². The van der Waals surface area contributed by atoms with E-state index >= 15 is 0 Å². The minimum Gasteiger partial charge on any atom is -0.493 e. The zero-order valence-corrected chi connectivity index (χ0v) is 15.1. The van der Waals surface area contributed by atoms with Crippen molar-refractivity contribution in [1.82, 2.24) is 10.2 Å². The summed E-state index contributed by atoms with van der Waals surface area (Å²) >= 11 is 8.71. The topological polar surface area (TPSA) is 41.6 Å². The van der Waals surface area contributed by atoms with Crippen LogP contribution in [0.15, 0.2) is 22.7 Å². The van der Waals surface area contributed by atoms with Gasteiger partial charge in [0.25, 0.3) is 5.91 Å². The molecule has 0 bridgehead atoms. The first-order valence-corrected chi connectivity index (χ1v) is 8.84. The number of rotatable bonds is 5. The van der Waals surface area contributed by atoms with Gasteiger partial charge in [-0.1, -0.05) is 29.3 Å². The summed E-state index contributed by atoms with van der Waals surface area (Å²) in [5, 5.41) is 3.32. The van der Waals surface area contributed by atoms with Crippen LogP contribution in [-0.4, -0.2) is 35.6 Å². The number of carbonyl (C=O) groups is 1. The third kappa shape index (κ3) is 4.68. The average molecular weight is 385 g/mol. The van der Waals surface area contributed by atoms with E-state index in [9.17, 15) is 4.79 Å². The standard InChI is InChI=1S/C16H21BrN2O2S/c1-2-3-10-21-14-7-6-12(17)11-13(14)15(20)18-16(22)19-8-4-5-9-19/h6-7,11H,2-5,8-10H2,1H3,(H,18,20,22). The number of likely N-dealkylation sites (tertiary alicyclic amines) is 1. The van der Waals surface area contributed by atoms with Crippen molar-refractivity contribution in [3.05, 3.63) is 28.2 Å². The van der Waals surface area contributed by atoms with Gasteiger partial charge in [0.1, 0.15) is 5.75 Å². The van der Waals surface area contributed by atoms with Gasteiger partial charge in [0.2, 0.25) is 0 Å². The van der Waals surface area contributed by atoms with Crippen LogP contribution in [0.1, 0.15) is 43.0 Å². The molecule has 0 unspecified atom stereocenters. The Morgan fingerprint density at radius 3 is 2.82 bits per heavy atom. The van der Waals surface area contributed by atoms with E-state index in [-0.39, 0.29) is 5.91 Å². The number of hydrogen-bond acceptors (Lipinski definition) is 3. The van der Waals surface area contributed by atoms with E-state index in [1.54, 1.807) is 6.07 Å². The molecule has 1 fully saturated rings. The van der Waals surface area contributed by atoms with Gasteiger partial charge in [-0.2, -0.15) is 0 Å². The number of nitrogens with zero attached hydrogens (tertiary/aromatic N) is 1. The molecular weight excluding hydrogens is 364 g/mol. The molecule has 1 aliphatic heterocycles. The molecule has 1 saturated heterocycles. The lowest BCUT2D eigenvalue weighted by Gasteiger charge is -2.19. The summed E-state index contributed by atoms with van der Waals surface area (Å²) in [5.74, 6) is 0.378. The zero-order chi connectivity index (χ0) is 15.9. The summed E-state index contributed by atoms with van der Waals surface area (Å²) in [6.45, 7) is 4.54. The highest BCUT2D eigenvalue weighted by Crippen LogP contribution is 2.23. The van der Waals surface area contributed by atoms with Crippen LogP contribution in [0, 0.1) is 0 Å². The molecule has 1 N–H and O–H groups in total. The molecule has 0 aromatic heterocycles. The van der Waals surface area contributed by atoms with Crippen molar-refractivity contribution in [3.63, 3.8) is 0 Å². The Morgan fingerprint density at radius 2 is 2.14 bits per heavy atom. The number of amides is 1. The van der Waals surface area contributed by atoms with Crippen molar-refractivity contribution in [2.75, 3.05) is 19.7 Å². The highest BCUT2D eigenvalue weighted by molar-refractivity contribution is 9.10. The van der Waals surface area contributed by atoms with E-state index in [1.807, 2.05) is 17.0 Å². The average Bonchev–Trinajstić information content (AvgIpc) is 3.03. The molecule has 22 heavy (non-hydrogen) atoms. The van der Waals surface area contributed by atoms with Crippen LogP contribution >= 0.6 is 28.1 Å². The molecule has 0 spiro atoms. The van der Waals surface area contributed by atoms with Gasteiger partial charge in [0.05, 0.1) is 12.2 Å². The molecule has 1 aliphatic rings. The third-order valence-corrected chi connectivity index (χ3v) is 4.41. The first-order valence-electron chi connectivity index (χ1n) is 7.64. The normalized spacial score (nSPS) is 14.0. The van der Waals surface area contributed by atoms with E-state index in [0.717, 1.165) is 43.2 Å². The highest BCUT2D eigenvalue weighted by Gasteiger charge is 2.19. The Labute approximate surface area is 145 Å². The molecule has 1 heterocycles. The Hall–Kier alpha value is -1.14. The fourth-order valence-electron chi connectivity index (χ4n) is 2.30. The number of hydrogen-bond donors (Lipinski definition) is 1. The summed E-state index contributed by atoms with van der Waals surface area (Å²) in [6.07, 6.45) is 4.26. The van der Waals surface area contributed by atoms with Crippen LogP contribution in [0.25, 0.3) is 0 Å². The summed E-state index contributed by atoms with van der Waals surface area (Å²) in [4.78, 5) is 14.5. The van der Waals surface area contributed by atoms with E-state index < -0.39 is 0 Å². The summed E-state index contributed by atoms with van der Waals surface area (Å²) in [7, 11) is 0. The lowest BCUT2D eigenvalue weighted by molar-refractivity contribution is 0.0970. The summed E-state index contributed by atoms with van der Waals surface area (Å²) < 4.78 is 6.56. The molecule has 6 heteroatoms. The van der Waals surface area contributed by atoms with E-state index in [1.165, 1.54) is 0 Å². The Bertz CT molecular complexity index is 545. The summed E-state index contributed by atoms with van der Waals surface area (Å²) in [6, 6.07) is 5.45. The second-order valence-electron chi connectivity index (χ2n) is 5.30. The van der Waals surface area contributed by atoms with Crippen molar-refractivity contribution in [2.45, 2.75) is 32.6 Å². The monoisotopic (exact) mass is 384 g/mol. The second-order valence-corrected chi connectivity index (χ2v) is 6.60. The van der Waals surface area contributed by atoms with Crippen LogP contribution in [0.3, 0.4) is 0 Å². The fraction of sp³-hybridized carbons (Fsp3) is 0.500. The number of thiocarbonyl (C=S) groups is 1. The SMILES string of the molecule is CCCCOc1ccc(Br)cc1C(=O)NC(=S)N1CCCC1. The fourth-order valence-corrected chi connectivity index (χ4v) is 2.93. The molecule has 0 saturated carbocycles. The molecule has 4 nitrogen and oxygen atoms in total. The maximum atomic E-state index is 12.5. The van der Waals surface area contributed by atoms with Gasteiger partial charge in [-0.15, -0.1) is 0 Å². The predicted molar refractivity (Wildman–Crippen MR) is 95.4 cm³/mol. The largest absolute Gasteiger partial charge is 0.493 e. The molecule has 0 radical (unpaired) electrons. The van der Waals surface area contributed by atoms with Crippen molar-refractivity contribution in [3.8, 4) is 5.75 Å². The number of ether oxygens (including phenoxy) is 1. The third-order valence-electron chi connectivity index (χ3n) is 3.56. The number of nitrogens with one attached hydrogen (secondary N) is 1. The zero-order valence-electron chi connectivity index (χ0n) is 12.7. The highest BCUT2D eigenvalue weighted by atomic mass is 79.9. The number of unbranched alkanes of at least 4 members (excludes halogenated alkanes) is 1. The smallest absolute Gasteiger partial charge is 0.261 e.